The molecule has 0 bridgehead atoms. The summed E-state index contributed by atoms with van der Waals surface area (Å²) in [4.78, 5) is 0. The molecule has 254 valence electrons. The lowest BCUT2D eigenvalue weighted by molar-refractivity contribution is 1.16. The van der Waals surface area contributed by atoms with Crippen molar-refractivity contribution in [1.29, 1.82) is 10.5 Å². The van der Waals surface area contributed by atoms with Gasteiger partial charge < -0.3 is 13.7 Å². The van der Waals surface area contributed by atoms with Crippen LogP contribution in [-0.2, 0) is 0 Å². The van der Waals surface area contributed by atoms with Gasteiger partial charge in [0.1, 0.15) is 0 Å². The molecule has 0 aliphatic heterocycles. The van der Waals surface area contributed by atoms with Crippen molar-refractivity contribution in [1.82, 2.24) is 13.7 Å². The maximum atomic E-state index is 10.0. The molecule has 55 heavy (non-hydrogen) atoms. The lowest BCUT2D eigenvalue weighted by Crippen LogP contribution is -1.99. The fourth-order valence-corrected chi connectivity index (χ4v) is 8.70. The number of fused-ring (bicyclic) bond motifs is 9. The summed E-state index contributed by atoms with van der Waals surface area (Å²) < 4.78 is 6.91. The molecule has 0 N–H and O–H groups in total. The molecule has 0 aliphatic carbocycles. The quantitative estimate of drug-likeness (QED) is 0.184. The van der Waals surface area contributed by atoms with Crippen molar-refractivity contribution in [3.63, 3.8) is 0 Å². The highest BCUT2D eigenvalue weighted by atomic mass is 15.0. The Labute approximate surface area is 316 Å². The molecule has 0 aliphatic rings. The van der Waals surface area contributed by atoms with E-state index in [9.17, 15) is 10.5 Å². The van der Waals surface area contributed by atoms with Crippen LogP contribution in [0.3, 0.4) is 0 Å². The van der Waals surface area contributed by atoms with Crippen molar-refractivity contribution < 1.29 is 0 Å². The van der Waals surface area contributed by atoms with Crippen LogP contribution in [-0.4, -0.2) is 13.7 Å². The van der Waals surface area contributed by atoms with Crippen LogP contribution in [0, 0.1) is 22.7 Å². The minimum Gasteiger partial charge on any atom is -0.309 e. The van der Waals surface area contributed by atoms with Crippen molar-refractivity contribution in [2.24, 2.45) is 0 Å². The number of para-hydroxylation sites is 4. The third kappa shape index (κ3) is 4.51. The smallest absolute Gasteiger partial charge is 0.0992 e. The van der Waals surface area contributed by atoms with Crippen molar-refractivity contribution in [3.05, 3.63) is 187 Å². The van der Waals surface area contributed by atoms with Gasteiger partial charge >= 0.3 is 0 Å². The first-order valence-electron chi connectivity index (χ1n) is 18.3. The first-order chi connectivity index (χ1) is 27.2. The van der Waals surface area contributed by atoms with Crippen LogP contribution in [0.2, 0.25) is 0 Å². The molecule has 0 saturated heterocycles. The van der Waals surface area contributed by atoms with Gasteiger partial charge in [-0.05, 0) is 84.4 Å². The van der Waals surface area contributed by atoms with E-state index in [1.807, 2.05) is 48.5 Å². The van der Waals surface area contributed by atoms with Gasteiger partial charge in [-0.1, -0.05) is 97.1 Å². The first-order valence-corrected chi connectivity index (χ1v) is 18.3. The van der Waals surface area contributed by atoms with E-state index in [1.165, 1.54) is 32.6 Å². The molecule has 0 atom stereocenters. The van der Waals surface area contributed by atoms with E-state index >= 15 is 0 Å². The van der Waals surface area contributed by atoms with Crippen LogP contribution in [0.4, 0.5) is 0 Å². The standard InChI is InChI=1S/C50H29N5/c51-30-32-17-24-37(49(27-32)55-47-16-8-3-11-40(47)42-25-18-33(31-52)28-50(42)55)34-19-21-35(22-20-34)53-46-15-7-4-12-41(46)43-29-36(23-26-48(43)53)54-44-13-5-1-9-38(44)39-10-2-6-14-45(39)54/h1-29H. The number of aromatic nitrogens is 3. The van der Waals surface area contributed by atoms with Crippen molar-refractivity contribution in [2.75, 3.05) is 0 Å². The second kappa shape index (κ2) is 11.8. The second-order valence-corrected chi connectivity index (χ2v) is 14.0. The normalized spacial score (nSPS) is 11.6. The Kier molecular flexibility index (Phi) is 6.61. The fraction of sp³-hybridized carbons (Fsp3) is 0. The van der Waals surface area contributed by atoms with Gasteiger partial charge in [0.05, 0.1) is 62.1 Å². The number of rotatable bonds is 4. The topological polar surface area (TPSA) is 62.4 Å². The lowest BCUT2D eigenvalue weighted by Gasteiger charge is -2.16. The zero-order chi connectivity index (χ0) is 36.6. The second-order valence-electron chi connectivity index (χ2n) is 14.0. The largest absolute Gasteiger partial charge is 0.309 e. The molecule has 5 heteroatoms. The molecule has 8 aromatic carbocycles. The SMILES string of the molecule is N#Cc1ccc(-c2ccc(-n3c4ccccc4c4cc(-n5c6ccccc6c6ccccc65)ccc43)cc2)c(-n2c3ccccc3c3ccc(C#N)cc32)c1. The van der Waals surface area contributed by atoms with Gasteiger partial charge in [-0.25, -0.2) is 0 Å². The third-order valence-corrected chi connectivity index (χ3v) is 11.1. The Morgan fingerprint density at radius 3 is 1.38 bits per heavy atom. The average Bonchev–Trinajstić information content (AvgIpc) is 3.88. The molecule has 11 aromatic rings. The Morgan fingerprint density at radius 2 is 0.782 bits per heavy atom. The van der Waals surface area contributed by atoms with Gasteiger partial charge in [0.25, 0.3) is 0 Å². The van der Waals surface area contributed by atoms with E-state index in [1.54, 1.807) is 0 Å². The zero-order valence-electron chi connectivity index (χ0n) is 29.5. The van der Waals surface area contributed by atoms with E-state index in [4.69, 9.17) is 0 Å². The summed E-state index contributed by atoms with van der Waals surface area (Å²) in [6.45, 7) is 0. The molecule has 11 rings (SSSR count). The summed E-state index contributed by atoms with van der Waals surface area (Å²) in [5.41, 5.74) is 12.9. The Hall–Kier alpha value is -7.86. The Morgan fingerprint density at radius 1 is 0.327 bits per heavy atom. The minimum absolute atomic E-state index is 0.572. The highest BCUT2D eigenvalue weighted by Crippen LogP contribution is 2.39. The molecule has 0 unspecified atom stereocenters. The number of hydrogen-bond donors (Lipinski definition) is 0. The average molecular weight is 700 g/mol. The molecule has 0 saturated carbocycles. The van der Waals surface area contributed by atoms with Gasteiger partial charge in [0.2, 0.25) is 0 Å². The number of nitriles is 2. The van der Waals surface area contributed by atoms with Crippen LogP contribution in [0.1, 0.15) is 11.1 Å². The summed E-state index contributed by atoms with van der Waals surface area (Å²) in [6, 6.07) is 66.0. The minimum atomic E-state index is 0.572. The van der Waals surface area contributed by atoms with E-state index in [0.717, 1.165) is 61.0 Å². The number of nitrogens with zero attached hydrogens (tertiary/aromatic N) is 5. The summed E-state index contributed by atoms with van der Waals surface area (Å²) in [5.74, 6) is 0. The molecule has 0 amide bonds. The first kappa shape index (κ1) is 30.7. The highest BCUT2D eigenvalue weighted by molar-refractivity contribution is 6.13. The van der Waals surface area contributed by atoms with Gasteiger partial charge in [-0.15, -0.1) is 0 Å². The summed E-state index contributed by atoms with van der Waals surface area (Å²) >= 11 is 0. The van der Waals surface area contributed by atoms with Crippen LogP contribution in [0.25, 0.3) is 93.6 Å². The van der Waals surface area contributed by atoms with E-state index in [-0.39, 0.29) is 0 Å². The molecule has 0 spiro atoms. The predicted molar refractivity (Wildman–Crippen MR) is 224 cm³/mol. The monoisotopic (exact) mass is 699 g/mol. The van der Waals surface area contributed by atoms with Gasteiger partial charge in [0, 0.05) is 49.3 Å². The lowest BCUT2D eigenvalue weighted by atomic mass is 10.0. The molecule has 3 heterocycles. The zero-order valence-corrected chi connectivity index (χ0v) is 29.5. The van der Waals surface area contributed by atoms with E-state index in [0.29, 0.717) is 11.1 Å². The van der Waals surface area contributed by atoms with Crippen LogP contribution in [0.15, 0.2) is 176 Å². The van der Waals surface area contributed by atoms with Gasteiger partial charge in [0.15, 0.2) is 0 Å². The summed E-state index contributed by atoms with van der Waals surface area (Å²) in [7, 11) is 0. The van der Waals surface area contributed by atoms with Crippen LogP contribution >= 0.6 is 0 Å². The molecular weight excluding hydrogens is 671 g/mol. The van der Waals surface area contributed by atoms with E-state index in [2.05, 4.69) is 153 Å². The molecule has 0 fully saturated rings. The van der Waals surface area contributed by atoms with Gasteiger partial charge in [-0.2, -0.15) is 10.5 Å². The third-order valence-electron chi connectivity index (χ3n) is 11.1. The maximum absolute atomic E-state index is 10.0. The molecular formula is C50H29N5. The predicted octanol–water partition coefficient (Wildman–Crippen LogP) is 12.4. The highest BCUT2D eigenvalue weighted by Gasteiger charge is 2.19. The van der Waals surface area contributed by atoms with E-state index < -0.39 is 0 Å². The Balaban J connectivity index is 1.08. The van der Waals surface area contributed by atoms with Crippen molar-refractivity contribution in [2.45, 2.75) is 0 Å². The molecule has 5 nitrogen and oxygen atoms in total. The molecule has 0 radical (unpaired) electrons. The number of benzene rings is 8. The fourth-order valence-electron chi connectivity index (χ4n) is 8.70. The Bertz CT molecular complexity index is 3400. The van der Waals surface area contributed by atoms with Crippen molar-refractivity contribution in [3.8, 4) is 40.3 Å². The van der Waals surface area contributed by atoms with Crippen LogP contribution in [0.5, 0.6) is 0 Å². The number of hydrogen-bond acceptors (Lipinski definition) is 2. The summed E-state index contributed by atoms with van der Waals surface area (Å²) in [5, 5.41) is 26.9. The maximum Gasteiger partial charge on any atom is 0.0992 e. The summed E-state index contributed by atoms with van der Waals surface area (Å²) in [6.07, 6.45) is 0. The molecule has 3 aromatic heterocycles. The van der Waals surface area contributed by atoms with Crippen LogP contribution < -0.4 is 0 Å². The van der Waals surface area contributed by atoms with Gasteiger partial charge in [-0.3, -0.25) is 0 Å². The van der Waals surface area contributed by atoms with Crippen molar-refractivity contribution >= 4 is 65.4 Å².